The maximum Gasteiger partial charge on any atom is 0.409 e. The van der Waals surface area contributed by atoms with Crippen molar-refractivity contribution in [1.29, 1.82) is 0 Å². The lowest BCUT2D eigenvalue weighted by molar-refractivity contribution is 0.0914. The number of carbonyl (C=O) groups excluding carboxylic acids is 2. The molecule has 0 spiro atoms. The lowest BCUT2D eigenvalue weighted by Crippen LogP contribution is -2.54. The number of benzene rings is 1. The van der Waals surface area contributed by atoms with E-state index in [0.29, 0.717) is 63.5 Å². The smallest absolute Gasteiger partial charge is 0.409 e. The van der Waals surface area contributed by atoms with Crippen LogP contribution in [0.5, 0.6) is 0 Å². The Morgan fingerprint density at radius 3 is 2.40 bits per heavy atom. The number of aliphatic imine (C=N–C) groups is 1. The van der Waals surface area contributed by atoms with E-state index < -0.39 is 5.82 Å². The zero-order chi connectivity index (χ0) is 21.2. The van der Waals surface area contributed by atoms with Crippen molar-refractivity contribution in [2.45, 2.75) is 20.8 Å². The number of guanidine groups is 1. The molecule has 2 rings (SSSR count). The van der Waals surface area contributed by atoms with Gasteiger partial charge < -0.3 is 25.2 Å². The van der Waals surface area contributed by atoms with Crippen molar-refractivity contribution in [2.24, 2.45) is 4.99 Å². The summed E-state index contributed by atoms with van der Waals surface area (Å²) in [6.07, 6.45) is -0.288. The van der Waals surface area contributed by atoms with Crippen molar-refractivity contribution in [3.63, 3.8) is 0 Å². The molecule has 1 aliphatic heterocycles. The predicted octanol–water partition coefficient (Wildman–Crippen LogP) is 2.22. The van der Waals surface area contributed by atoms with E-state index in [0.717, 1.165) is 5.96 Å². The molecule has 1 saturated heterocycles. The number of nitrogens with zero attached hydrogens (tertiary/aromatic N) is 3. The van der Waals surface area contributed by atoms with Crippen LogP contribution in [0.15, 0.2) is 23.2 Å². The Bertz CT molecular complexity index is 739. The largest absolute Gasteiger partial charge is 0.450 e. The second kappa shape index (κ2) is 13.2. The van der Waals surface area contributed by atoms with Gasteiger partial charge >= 0.3 is 6.09 Å². The molecule has 168 valence electrons. The quantitative estimate of drug-likeness (QED) is 0.253. The maximum atomic E-state index is 13.6. The molecular weight excluding hydrogens is 504 g/mol. The van der Waals surface area contributed by atoms with Crippen LogP contribution in [0.2, 0.25) is 0 Å². The summed E-state index contributed by atoms with van der Waals surface area (Å²) in [5.41, 5.74) is 0.795. The zero-order valence-corrected chi connectivity index (χ0v) is 20.1. The second-order valence-electron chi connectivity index (χ2n) is 6.63. The van der Waals surface area contributed by atoms with Gasteiger partial charge in [-0.2, -0.15) is 0 Å². The van der Waals surface area contributed by atoms with Crippen molar-refractivity contribution < 1.29 is 18.7 Å². The molecule has 30 heavy (non-hydrogen) atoms. The van der Waals surface area contributed by atoms with Crippen LogP contribution in [0.4, 0.5) is 9.18 Å². The molecular formula is C20H31FIN5O3. The lowest BCUT2D eigenvalue weighted by atomic mass is 10.1. The summed E-state index contributed by atoms with van der Waals surface area (Å²) in [7, 11) is 0. The van der Waals surface area contributed by atoms with Gasteiger partial charge in [-0.25, -0.2) is 9.18 Å². The van der Waals surface area contributed by atoms with Gasteiger partial charge in [0.15, 0.2) is 5.96 Å². The van der Waals surface area contributed by atoms with Crippen molar-refractivity contribution >= 4 is 41.9 Å². The highest BCUT2D eigenvalue weighted by Crippen LogP contribution is 2.09. The van der Waals surface area contributed by atoms with E-state index in [1.165, 1.54) is 6.07 Å². The molecule has 10 heteroatoms. The fourth-order valence-corrected chi connectivity index (χ4v) is 2.91. The molecule has 1 heterocycles. The van der Waals surface area contributed by atoms with Crippen molar-refractivity contribution in [3.05, 3.63) is 35.1 Å². The van der Waals surface area contributed by atoms with Crippen LogP contribution in [-0.2, 0) is 4.74 Å². The normalized spacial score (nSPS) is 14.1. The SMILES string of the molecule is CCNC(=NCCNC(=O)c1ccc(C)c(F)c1)N1CCN(C(=O)OCC)CC1.I. The predicted molar refractivity (Wildman–Crippen MR) is 125 cm³/mol. The van der Waals surface area contributed by atoms with Gasteiger partial charge in [-0.3, -0.25) is 9.79 Å². The zero-order valence-electron chi connectivity index (χ0n) is 17.7. The fraction of sp³-hybridized carbons (Fsp3) is 0.550. The third-order valence-corrected chi connectivity index (χ3v) is 4.53. The van der Waals surface area contributed by atoms with E-state index in [1.54, 1.807) is 30.9 Å². The van der Waals surface area contributed by atoms with E-state index in [1.807, 2.05) is 6.92 Å². The van der Waals surface area contributed by atoms with E-state index in [9.17, 15) is 14.0 Å². The monoisotopic (exact) mass is 535 g/mol. The third kappa shape index (κ3) is 7.62. The molecule has 1 aliphatic rings. The third-order valence-electron chi connectivity index (χ3n) is 4.53. The first-order valence-corrected chi connectivity index (χ1v) is 9.95. The molecule has 0 bridgehead atoms. The number of nitrogens with one attached hydrogen (secondary N) is 2. The summed E-state index contributed by atoms with van der Waals surface area (Å²) in [5.74, 6) is 0.0193. The maximum absolute atomic E-state index is 13.6. The molecule has 0 atom stereocenters. The van der Waals surface area contributed by atoms with E-state index in [-0.39, 0.29) is 36.0 Å². The van der Waals surface area contributed by atoms with Crippen LogP contribution >= 0.6 is 24.0 Å². The van der Waals surface area contributed by atoms with E-state index in [2.05, 4.69) is 20.5 Å². The number of rotatable bonds is 6. The Kier molecular flexibility index (Phi) is 11.4. The van der Waals surface area contributed by atoms with Gasteiger partial charge in [0, 0.05) is 44.8 Å². The molecule has 0 radical (unpaired) electrons. The summed E-state index contributed by atoms with van der Waals surface area (Å²) in [4.78, 5) is 32.3. The number of aryl methyl sites for hydroxylation is 1. The first-order valence-electron chi connectivity index (χ1n) is 9.95. The van der Waals surface area contributed by atoms with Crippen LogP contribution in [0.25, 0.3) is 0 Å². The van der Waals surface area contributed by atoms with Crippen molar-refractivity contribution in [1.82, 2.24) is 20.4 Å². The number of halogens is 2. The Balaban J connectivity index is 0.00000450. The Morgan fingerprint density at radius 1 is 1.13 bits per heavy atom. The summed E-state index contributed by atoms with van der Waals surface area (Å²) >= 11 is 0. The molecule has 8 nitrogen and oxygen atoms in total. The number of carbonyl (C=O) groups is 2. The summed E-state index contributed by atoms with van der Waals surface area (Å²) in [5, 5.41) is 5.99. The van der Waals surface area contributed by atoms with Gasteiger partial charge in [-0.05, 0) is 38.5 Å². The molecule has 2 N–H and O–H groups in total. The minimum absolute atomic E-state index is 0. The molecule has 0 unspecified atom stereocenters. The topological polar surface area (TPSA) is 86.3 Å². The Morgan fingerprint density at radius 2 is 1.80 bits per heavy atom. The van der Waals surface area contributed by atoms with Crippen LogP contribution < -0.4 is 10.6 Å². The molecule has 0 aromatic heterocycles. The molecule has 0 aliphatic carbocycles. The van der Waals surface area contributed by atoms with Gasteiger partial charge in [-0.15, -0.1) is 24.0 Å². The van der Waals surface area contributed by atoms with Gasteiger partial charge in [-0.1, -0.05) is 6.07 Å². The first kappa shape index (κ1) is 25.9. The molecule has 2 amide bonds. The number of ether oxygens (including phenoxy) is 1. The number of hydrogen-bond acceptors (Lipinski definition) is 4. The summed E-state index contributed by atoms with van der Waals surface area (Å²) < 4.78 is 18.6. The minimum atomic E-state index is -0.396. The summed E-state index contributed by atoms with van der Waals surface area (Å²) in [6, 6.07) is 4.42. The first-order chi connectivity index (χ1) is 14.0. The van der Waals surface area contributed by atoms with Crippen LogP contribution in [0.1, 0.15) is 29.8 Å². The van der Waals surface area contributed by atoms with Crippen LogP contribution in [0.3, 0.4) is 0 Å². The van der Waals surface area contributed by atoms with E-state index in [4.69, 9.17) is 4.74 Å². The van der Waals surface area contributed by atoms with Gasteiger partial charge in [0.2, 0.25) is 0 Å². The van der Waals surface area contributed by atoms with Crippen molar-refractivity contribution in [2.75, 3.05) is 52.4 Å². The average Bonchev–Trinajstić information content (AvgIpc) is 2.72. The van der Waals surface area contributed by atoms with Gasteiger partial charge in [0.25, 0.3) is 5.91 Å². The highest BCUT2D eigenvalue weighted by molar-refractivity contribution is 14.0. The lowest BCUT2D eigenvalue weighted by Gasteiger charge is -2.35. The summed E-state index contributed by atoms with van der Waals surface area (Å²) in [6.45, 7) is 9.68. The highest BCUT2D eigenvalue weighted by atomic mass is 127. The van der Waals surface area contributed by atoms with Crippen LogP contribution in [-0.4, -0.2) is 80.2 Å². The number of amides is 2. The molecule has 1 aromatic carbocycles. The van der Waals surface area contributed by atoms with E-state index >= 15 is 0 Å². The minimum Gasteiger partial charge on any atom is -0.450 e. The molecule has 1 aromatic rings. The standard InChI is InChI=1S/C20H30FN5O3.HI/c1-4-22-19(25-10-12-26(13-11-25)20(28)29-5-2)24-9-8-23-18(27)16-7-6-15(3)17(21)14-16;/h6-7,14H,4-5,8-13H2,1-3H3,(H,22,24)(H,23,27);1H. The second-order valence-corrected chi connectivity index (χ2v) is 6.63. The number of hydrogen-bond donors (Lipinski definition) is 2. The van der Waals surface area contributed by atoms with Gasteiger partial charge in [0.1, 0.15) is 5.82 Å². The van der Waals surface area contributed by atoms with Crippen molar-refractivity contribution in [3.8, 4) is 0 Å². The number of piperazine rings is 1. The Hall–Kier alpha value is -2.11. The molecule has 0 saturated carbocycles. The fourth-order valence-electron chi connectivity index (χ4n) is 2.91. The van der Waals surface area contributed by atoms with Gasteiger partial charge in [0.05, 0.1) is 13.2 Å². The molecule has 1 fully saturated rings. The average molecular weight is 535 g/mol. The highest BCUT2D eigenvalue weighted by Gasteiger charge is 2.23. The van der Waals surface area contributed by atoms with Crippen LogP contribution in [0, 0.1) is 12.7 Å². The Labute approximate surface area is 194 Å².